The maximum atomic E-state index is 14.0. The number of alkyl halides is 9. The van der Waals surface area contributed by atoms with Crippen LogP contribution in [0.25, 0.3) is 0 Å². The summed E-state index contributed by atoms with van der Waals surface area (Å²) in [5.74, 6) is -0.130. The summed E-state index contributed by atoms with van der Waals surface area (Å²) in [5.41, 5.74) is -4.84. The van der Waals surface area contributed by atoms with E-state index in [-0.39, 0.29) is 65.3 Å². The number of rotatable bonds is 11. The summed E-state index contributed by atoms with van der Waals surface area (Å²) in [6, 6.07) is 1.73. The Morgan fingerprint density at radius 2 is 1.50 bits per heavy atom. The first kappa shape index (κ1) is 39.0. The van der Waals surface area contributed by atoms with E-state index in [4.69, 9.17) is 9.47 Å². The van der Waals surface area contributed by atoms with E-state index in [1.54, 1.807) is 36.4 Å². The summed E-state index contributed by atoms with van der Waals surface area (Å²) in [7, 11) is 0. The molecule has 2 atom stereocenters. The van der Waals surface area contributed by atoms with Crippen molar-refractivity contribution in [3.63, 3.8) is 0 Å². The molecule has 272 valence electrons. The van der Waals surface area contributed by atoms with Gasteiger partial charge in [-0.1, -0.05) is 6.92 Å². The standard InChI is InChI=1S/C32H30F9IN4O4/c1-3-22-14-26(24-13-19(30(33,34)35)7-8-25(24)46(22)29(48)49-4-2)45(28-43-15-23(16-44-28)50-9-5-6-27(42)47)17-18-10-20(31(36,37)38)12-21(11-18)32(39,40)41/h7-8,10-13,15-16,22,26H,3-6,9,14,17H2,1-2H3/t22-,26+/m1/s1. The molecular formula is C32H30F9IN4O4. The molecule has 2 aromatic carbocycles. The van der Waals surface area contributed by atoms with Gasteiger partial charge in [-0.25, -0.2) is 14.8 Å². The van der Waals surface area contributed by atoms with E-state index in [0.29, 0.717) is 18.6 Å². The van der Waals surface area contributed by atoms with Crippen LogP contribution in [0.2, 0.25) is 0 Å². The van der Waals surface area contributed by atoms with Crippen LogP contribution in [-0.2, 0) is 34.6 Å². The molecular weight excluding hydrogens is 802 g/mol. The van der Waals surface area contributed by atoms with Crippen molar-refractivity contribution in [1.82, 2.24) is 9.97 Å². The Morgan fingerprint density at radius 3 is 2.02 bits per heavy atom. The number of halogens is 10. The minimum Gasteiger partial charge on any atom is -0.490 e. The van der Waals surface area contributed by atoms with Gasteiger partial charge in [-0.15, -0.1) is 0 Å². The van der Waals surface area contributed by atoms with Crippen molar-refractivity contribution in [2.24, 2.45) is 0 Å². The maximum Gasteiger partial charge on any atom is 0.416 e. The Balaban J connectivity index is 1.90. The molecule has 0 aliphatic carbocycles. The average molecular weight is 833 g/mol. The van der Waals surface area contributed by atoms with E-state index >= 15 is 0 Å². The predicted octanol–water partition coefficient (Wildman–Crippen LogP) is 9.55. The molecule has 2 heterocycles. The van der Waals surface area contributed by atoms with Crippen LogP contribution in [0.1, 0.15) is 73.4 Å². The number of hydrogen-bond donors (Lipinski definition) is 0. The van der Waals surface area contributed by atoms with Crippen molar-refractivity contribution in [3.05, 3.63) is 76.6 Å². The van der Waals surface area contributed by atoms with Crippen LogP contribution in [0.4, 0.5) is 55.9 Å². The number of anilines is 2. The van der Waals surface area contributed by atoms with Crippen molar-refractivity contribution in [1.29, 1.82) is 0 Å². The van der Waals surface area contributed by atoms with Gasteiger partial charge in [0.15, 0.2) is 9.54 Å². The fourth-order valence-electron chi connectivity index (χ4n) is 5.55. The molecule has 0 unspecified atom stereocenters. The summed E-state index contributed by atoms with van der Waals surface area (Å²) in [6.45, 7) is 2.58. The number of amides is 1. The lowest BCUT2D eigenvalue weighted by atomic mass is 9.87. The number of carbonyl (C=O) groups is 2. The van der Waals surface area contributed by atoms with Gasteiger partial charge in [0.05, 0.1) is 54.0 Å². The molecule has 0 radical (unpaired) electrons. The zero-order valence-electron chi connectivity index (χ0n) is 26.4. The largest absolute Gasteiger partial charge is 0.490 e. The van der Waals surface area contributed by atoms with Gasteiger partial charge in [0, 0.05) is 19.0 Å². The normalized spacial score (nSPS) is 16.5. The molecule has 0 bridgehead atoms. The van der Waals surface area contributed by atoms with Gasteiger partial charge in [0.2, 0.25) is 5.95 Å². The van der Waals surface area contributed by atoms with Gasteiger partial charge < -0.3 is 14.4 Å². The third kappa shape index (κ3) is 9.48. The molecule has 1 aliphatic rings. The average Bonchev–Trinajstić information content (AvgIpc) is 3.03. The molecule has 4 rings (SSSR count). The molecule has 1 aromatic heterocycles. The third-order valence-electron chi connectivity index (χ3n) is 7.80. The molecule has 0 fully saturated rings. The van der Waals surface area contributed by atoms with Crippen LogP contribution < -0.4 is 14.5 Å². The van der Waals surface area contributed by atoms with Crippen molar-refractivity contribution >= 4 is 44.1 Å². The van der Waals surface area contributed by atoms with E-state index in [1.165, 1.54) is 22.2 Å². The zero-order valence-corrected chi connectivity index (χ0v) is 28.6. The third-order valence-corrected chi connectivity index (χ3v) is 8.34. The van der Waals surface area contributed by atoms with Crippen LogP contribution in [0.3, 0.4) is 0 Å². The molecule has 18 heteroatoms. The number of nitrogens with zero attached hydrogens (tertiary/aromatic N) is 4. The summed E-state index contributed by atoms with van der Waals surface area (Å²) < 4.78 is 135. The Bertz CT molecular complexity index is 1640. The molecule has 50 heavy (non-hydrogen) atoms. The predicted molar refractivity (Wildman–Crippen MR) is 171 cm³/mol. The highest BCUT2D eigenvalue weighted by Gasteiger charge is 2.42. The quantitative estimate of drug-likeness (QED) is 0.0824. The van der Waals surface area contributed by atoms with E-state index in [9.17, 15) is 49.1 Å². The Labute approximate surface area is 294 Å². The number of hydrogen-bond acceptors (Lipinski definition) is 7. The molecule has 1 amide bonds. The van der Waals surface area contributed by atoms with Crippen molar-refractivity contribution in [3.8, 4) is 5.75 Å². The minimum absolute atomic E-state index is 0.00864. The van der Waals surface area contributed by atoms with E-state index in [1.807, 2.05) is 0 Å². The van der Waals surface area contributed by atoms with E-state index in [2.05, 4.69) is 9.97 Å². The topological polar surface area (TPSA) is 84.9 Å². The van der Waals surface area contributed by atoms with Crippen LogP contribution in [0.5, 0.6) is 5.75 Å². The van der Waals surface area contributed by atoms with Gasteiger partial charge in [-0.05, 0) is 96.3 Å². The summed E-state index contributed by atoms with van der Waals surface area (Å²) >= 11 is 1.63. The van der Waals surface area contributed by atoms with Gasteiger partial charge >= 0.3 is 24.6 Å². The van der Waals surface area contributed by atoms with Gasteiger partial charge in [-0.2, -0.15) is 39.5 Å². The number of aromatic nitrogens is 2. The molecule has 3 aromatic rings. The lowest BCUT2D eigenvalue weighted by Crippen LogP contribution is -2.48. The smallest absolute Gasteiger partial charge is 0.416 e. The van der Waals surface area contributed by atoms with Crippen molar-refractivity contribution in [2.75, 3.05) is 23.0 Å². The number of ether oxygens (including phenoxy) is 2. The van der Waals surface area contributed by atoms with Gasteiger partial charge in [-0.3, -0.25) is 9.69 Å². The molecule has 1 aliphatic heterocycles. The van der Waals surface area contributed by atoms with Crippen LogP contribution >= 0.6 is 22.6 Å². The first-order valence-corrected chi connectivity index (χ1v) is 16.3. The highest BCUT2D eigenvalue weighted by Crippen LogP contribution is 2.46. The molecule has 0 saturated carbocycles. The SMILES string of the molecule is CCOC(=O)N1c2ccc(C(F)(F)F)cc2[C@@H](N(Cc2cc(C(F)(F)F)cc(C(F)(F)F)c2)c2ncc(OCCCC(=O)I)cn2)C[C@H]1CC. The van der Waals surface area contributed by atoms with Crippen LogP contribution in [0, 0.1) is 0 Å². The van der Waals surface area contributed by atoms with Gasteiger partial charge in [0.1, 0.15) is 0 Å². The summed E-state index contributed by atoms with van der Waals surface area (Å²) in [4.78, 5) is 35.2. The first-order valence-electron chi connectivity index (χ1n) is 15.2. The fraction of sp³-hybridized carbons (Fsp3) is 0.438. The van der Waals surface area contributed by atoms with Crippen LogP contribution in [0.15, 0.2) is 48.8 Å². The molecule has 0 N–H and O–H groups in total. The van der Waals surface area contributed by atoms with E-state index < -0.39 is 65.5 Å². The second-order valence-electron chi connectivity index (χ2n) is 11.2. The van der Waals surface area contributed by atoms with Crippen molar-refractivity contribution < 1.29 is 58.6 Å². The first-order chi connectivity index (χ1) is 23.3. The molecule has 8 nitrogen and oxygen atoms in total. The number of carbonyl (C=O) groups excluding carboxylic acids is 2. The van der Waals surface area contributed by atoms with E-state index in [0.717, 1.165) is 18.2 Å². The minimum atomic E-state index is -5.16. The monoisotopic (exact) mass is 832 g/mol. The Hall–Kier alpha value is -3.84. The fourth-order valence-corrected chi connectivity index (χ4v) is 5.93. The lowest BCUT2D eigenvalue weighted by molar-refractivity contribution is -0.143. The highest BCUT2D eigenvalue weighted by molar-refractivity contribution is 14.1. The zero-order chi connectivity index (χ0) is 37.0. The second-order valence-corrected chi connectivity index (χ2v) is 12.4. The number of fused-ring (bicyclic) bond motifs is 1. The highest BCUT2D eigenvalue weighted by atomic mass is 127. The molecule has 0 saturated heterocycles. The Kier molecular flexibility index (Phi) is 12.1. The summed E-state index contributed by atoms with van der Waals surface area (Å²) in [6.07, 6.45) is -12.9. The van der Waals surface area contributed by atoms with Crippen molar-refractivity contribution in [2.45, 2.75) is 76.7 Å². The maximum absolute atomic E-state index is 14.0. The number of benzene rings is 2. The van der Waals surface area contributed by atoms with Gasteiger partial charge in [0.25, 0.3) is 0 Å². The second kappa shape index (κ2) is 15.6. The Morgan fingerprint density at radius 1 is 0.900 bits per heavy atom. The van der Waals surface area contributed by atoms with Crippen LogP contribution in [-0.4, -0.2) is 39.1 Å². The lowest BCUT2D eigenvalue weighted by Gasteiger charge is -2.44. The summed E-state index contributed by atoms with van der Waals surface area (Å²) in [5, 5.41) is 0. The molecule has 0 spiro atoms.